The molecule has 0 aliphatic heterocycles. The van der Waals surface area contributed by atoms with Gasteiger partial charge in [-0.2, -0.15) is 0 Å². The second kappa shape index (κ2) is 6.02. The summed E-state index contributed by atoms with van der Waals surface area (Å²) in [5, 5.41) is 0. The number of nitrogens with one attached hydrogen (secondary N) is 1. The van der Waals surface area contributed by atoms with Crippen molar-refractivity contribution in [1.82, 2.24) is 5.43 Å². The van der Waals surface area contributed by atoms with E-state index in [1.807, 2.05) is 0 Å². The summed E-state index contributed by atoms with van der Waals surface area (Å²) in [7, 11) is 0. The summed E-state index contributed by atoms with van der Waals surface area (Å²) in [5.74, 6) is 8.49. The second-order valence-corrected chi connectivity index (χ2v) is 6.19. The summed E-state index contributed by atoms with van der Waals surface area (Å²) in [4.78, 5) is 0. The van der Waals surface area contributed by atoms with Crippen LogP contribution in [0.1, 0.15) is 64.7 Å². The summed E-state index contributed by atoms with van der Waals surface area (Å²) in [5.41, 5.74) is 3.11. The zero-order valence-corrected chi connectivity index (χ0v) is 10.8. The third-order valence-corrected chi connectivity index (χ3v) is 4.83. The van der Waals surface area contributed by atoms with Crippen LogP contribution in [0.3, 0.4) is 0 Å². The first-order valence-corrected chi connectivity index (χ1v) is 7.25. The smallest absolute Gasteiger partial charge is 0.0241 e. The largest absolute Gasteiger partial charge is 0.271 e. The molecule has 3 unspecified atom stereocenters. The fourth-order valence-corrected chi connectivity index (χ4v) is 3.80. The number of nitrogens with two attached hydrogens (primary N) is 1. The van der Waals surface area contributed by atoms with Gasteiger partial charge in [-0.15, -0.1) is 0 Å². The van der Waals surface area contributed by atoms with Crippen LogP contribution in [0.2, 0.25) is 0 Å². The van der Waals surface area contributed by atoms with Crippen molar-refractivity contribution >= 4 is 0 Å². The highest BCUT2D eigenvalue weighted by Crippen LogP contribution is 2.36. The van der Waals surface area contributed by atoms with Crippen LogP contribution in [-0.4, -0.2) is 6.04 Å². The molecule has 0 bridgehead atoms. The summed E-state index contributed by atoms with van der Waals surface area (Å²) < 4.78 is 0. The van der Waals surface area contributed by atoms with Crippen molar-refractivity contribution in [3.05, 3.63) is 0 Å². The molecule has 0 saturated heterocycles. The van der Waals surface area contributed by atoms with Crippen LogP contribution >= 0.6 is 0 Å². The molecule has 0 radical (unpaired) electrons. The first-order chi connectivity index (χ1) is 7.79. The van der Waals surface area contributed by atoms with E-state index in [1.54, 1.807) is 0 Å². The normalized spacial score (nSPS) is 34.1. The maximum Gasteiger partial charge on any atom is 0.0241 e. The Bertz CT molecular complexity index is 199. The summed E-state index contributed by atoms with van der Waals surface area (Å²) in [6.07, 6.45) is 12.8. The minimum absolute atomic E-state index is 0.591. The number of rotatable bonds is 4. The van der Waals surface area contributed by atoms with Gasteiger partial charge >= 0.3 is 0 Å². The van der Waals surface area contributed by atoms with E-state index in [-0.39, 0.29) is 0 Å². The van der Waals surface area contributed by atoms with Gasteiger partial charge in [0.25, 0.3) is 0 Å². The van der Waals surface area contributed by atoms with Gasteiger partial charge in [-0.1, -0.05) is 45.4 Å². The van der Waals surface area contributed by atoms with Crippen LogP contribution in [0.5, 0.6) is 0 Å². The molecule has 2 heteroatoms. The first kappa shape index (κ1) is 12.4. The predicted octanol–water partition coefficient (Wildman–Crippen LogP) is 3.22. The topological polar surface area (TPSA) is 38.0 Å². The Kier molecular flexibility index (Phi) is 4.66. The van der Waals surface area contributed by atoms with Crippen molar-refractivity contribution in [3.8, 4) is 0 Å². The highest BCUT2D eigenvalue weighted by molar-refractivity contribution is 4.84. The van der Waals surface area contributed by atoms with E-state index in [4.69, 9.17) is 5.84 Å². The lowest BCUT2D eigenvalue weighted by Crippen LogP contribution is -2.41. The van der Waals surface area contributed by atoms with E-state index in [0.29, 0.717) is 6.04 Å². The van der Waals surface area contributed by atoms with Crippen molar-refractivity contribution in [2.75, 3.05) is 0 Å². The highest BCUT2D eigenvalue weighted by atomic mass is 15.2. The number of hydrogen-bond donors (Lipinski definition) is 2. The van der Waals surface area contributed by atoms with Crippen LogP contribution < -0.4 is 11.3 Å². The Balaban J connectivity index is 1.80. The van der Waals surface area contributed by atoms with E-state index < -0.39 is 0 Å². The Morgan fingerprint density at radius 3 is 2.44 bits per heavy atom. The van der Waals surface area contributed by atoms with E-state index in [1.165, 1.54) is 57.8 Å². The number of hydrogen-bond acceptors (Lipinski definition) is 2. The molecule has 2 aliphatic carbocycles. The van der Waals surface area contributed by atoms with Gasteiger partial charge in [0, 0.05) is 6.04 Å². The van der Waals surface area contributed by atoms with Crippen LogP contribution in [0.25, 0.3) is 0 Å². The fourth-order valence-electron chi connectivity index (χ4n) is 3.80. The summed E-state index contributed by atoms with van der Waals surface area (Å²) in [6.45, 7) is 2.38. The second-order valence-electron chi connectivity index (χ2n) is 6.19. The molecule has 0 spiro atoms. The minimum Gasteiger partial charge on any atom is -0.271 e. The lowest BCUT2D eigenvalue weighted by atomic mass is 9.81. The molecule has 16 heavy (non-hydrogen) atoms. The Morgan fingerprint density at radius 2 is 1.88 bits per heavy atom. The van der Waals surface area contributed by atoms with Gasteiger partial charge in [0.15, 0.2) is 0 Å². The fraction of sp³-hybridized carbons (Fsp3) is 1.00. The molecular formula is C14H28N2. The molecule has 0 aromatic rings. The number of hydrazine groups is 1. The van der Waals surface area contributed by atoms with Crippen molar-refractivity contribution in [2.24, 2.45) is 23.6 Å². The molecule has 94 valence electrons. The molecule has 0 amide bonds. The lowest BCUT2D eigenvalue weighted by molar-refractivity contribution is 0.249. The highest BCUT2D eigenvalue weighted by Gasteiger charge is 2.30. The van der Waals surface area contributed by atoms with E-state index >= 15 is 0 Å². The monoisotopic (exact) mass is 224 g/mol. The first-order valence-electron chi connectivity index (χ1n) is 7.25. The Morgan fingerprint density at radius 1 is 1.12 bits per heavy atom. The SMILES string of the molecule is CC1CCC(C(CC2CCCCC2)NN)C1. The van der Waals surface area contributed by atoms with E-state index in [9.17, 15) is 0 Å². The van der Waals surface area contributed by atoms with Gasteiger partial charge in [0.1, 0.15) is 0 Å². The molecule has 2 nitrogen and oxygen atoms in total. The van der Waals surface area contributed by atoms with Gasteiger partial charge in [0.05, 0.1) is 0 Å². The van der Waals surface area contributed by atoms with Gasteiger partial charge in [-0.25, -0.2) is 0 Å². The average molecular weight is 224 g/mol. The minimum atomic E-state index is 0.591. The van der Waals surface area contributed by atoms with Gasteiger partial charge in [0.2, 0.25) is 0 Å². The van der Waals surface area contributed by atoms with Crippen molar-refractivity contribution in [3.63, 3.8) is 0 Å². The van der Waals surface area contributed by atoms with Gasteiger partial charge in [-0.3, -0.25) is 11.3 Å². The van der Waals surface area contributed by atoms with E-state index in [0.717, 1.165) is 17.8 Å². The predicted molar refractivity (Wildman–Crippen MR) is 68.8 cm³/mol. The standard InChI is InChI=1S/C14H28N2/c1-11-7-8-13(9-11)14(16-15)10-12-5-3-2-4-6-12/h11-14,16H,2-10,15H2,1H3. The zero-order valence-electron chi connectivity index (χ0n) is 10.8. The summed E-state index contributed by atoms with van der Waals surface area (Å²) >= 11 is 0. The molecule has 2 rings (SSSR count). The molecule has 0 aromatic carbocycles. The maximum absolute atomic E-state index is 5.77. The molecule has 0 heterocycles. The molecule has 3 atom stereocenters. The quantitative estimate of drug-likeness (QED) is 0.568. The van der Waals surface area contributed by atoms with Crippen LogP contribution in [0.4, 0.5) is 0 Å². The zero-order chi connectivity index (χ0) is 11.4. The molecule has 2 aliphatic rings. The Hall–Kier alpha value is -0.0800. The van der Waals surface area contributed by atoms with Crippen molar-refractivity contribution in [2.45, 2.75) is 70.8 Å². The molecule has 3 N–H and O–H groups in total. The maximum atomic E-state index is 5.77. The van der Waals surface area contributed by atoms with Crippen LogP contribution in [-0.2, 0) is 0 Å². The third-order valence-electron chi connectivity index (χ3n) is 4.83. The summed E-state index contributed by atoms with van der Waals surface area (Å²) in [6, 6.07) is 0.591. The lowest BCUT2D eigenvalue weighted by Gasteiger charge is -2.29. The van der Waals surface area contributed by atoms with Gasteiger partial charge in [-0.05, 0) is 37.0 Å². The van der Waals surface area contributed by atoms with Gasteiger partial charge < -0.3 is 0 Å². The van der Waals surface area contributed by atoms with E-state index in [2.05, 4.69) is 12.3 Å². The Labute approximate surface area is 100 Å². The molecule has 2 saturated carbocycles. The third kappa shape index (κ3) is 3.21. The molecular weight excluding hydrogens is 196 g/mol. The average Bonchev–Trinajstić information content (AvgIpc) is 2.74. The molecule has 0 aromatic heterocycles. The molecule has 2 fully saturated rings. The van der Waals surface area contributed by atoms with Crippen LogP contribution in [0.15, 0.2) is 0 Å². The van der Waals surface area contributed by atoms with Crippen molar-refractivity contribution < 1.29 is 0 Å². The van der Waals surface area contributed by atoms with Crippen molar-refractivity contribution in [1.29, 1.82) is 0 Å². The van der Waals surface area contributed by atoms with Crippen LogP contribution in [0, 0.1) is 17.8 Å².